The topological polar surface area (TPSA) is 35.5 Å². The van der Waals surface area contributed by atoms with Gasteiger partial charge in [-0.25, -0.2) is 0 Å². The summed E-state index contributed by atoms with van der Waals surface area (Å²) in [7, 11) is 2.26. The molecule has 156 valence electrons. The maximum absolute atomic E-state index is 10.1. The van der Waals surface area contributed by atoms with Gasteiger partial charge in [-0.1, -0.05) is 58.0 Å². The van der Waals surface area contributed by atoms with Crippen molar-refractivity contribution in [3.05, 3.63) is 64.7 Å². The van der Waals surface area contributed by atoms with Crippen LogP contribution in [-0.4, -0.2) is 42.2 Å². The summed E-state index contributed by atoms with van der Waals surface area (Å²) in [5.41, 5.74) is 5.80. The molecular weight excluding hydrogens is 356 g/mol. The summed E-state index contributed by atoms with van der Waals surface area (Å²) in [6, 6.07) is 16.0. The van der Waals surface area contributed by atoms with Crippen LogP contribution in [0.1, 0.15) is 56.4 Å². The third kappa shape index (κ3) is 3.83. The highest BCUT2D eigenvalue weighted by atomic mass is 16.3. The number of hydrogen-bond acceptors (Lipinski definition) is 3. The number of piperidine rings is 1. The highest BCUT2D eigenvalue weighted by Gasteiger charge is 2.49. The average molecular weight is 393 g/mol. The molecule has 1 unspecified atom stereocenters. The molecule has 1 aliphatic carbocycles. The molecule has 2 aliphatic rings. The van der Waals surface area contributed by atoms with E-state index in [0.29, 0.717) is 17.8 Å². The number of hydrogen-bond donors (Lipinski definition) is 2. The number of phenolic OH excluding ortho intramolecular Hbond substituents is 1. The molecule has 2 bridgehead atoms. The predicted octanol–water partition coefficient (Wildman–Crippen LogP) is 4.41. The van der Waals surface area contributed by atoms with Crippen LogP contribution < -0.4 is 5.32 Å². The number of fused-ring (bicyclic) bond motifs is 4. The fraction of sp³-hybridized carbons (Fsp3) is 0.538. The van der Waals surface area contributed by atoms with Gasteiger partial charge in [0.05, 0.1) is 0 Å². The smallest absolute Gasteiger partial charge is 0.115 e. The van der Waals surface area contributed by atoms with Crippen molar-refractivity contribution in [3.63, 3.8) is 0 Å². The summed E-state index contributed by atoms with van der Waals surface area (Å²) in [4.78, 5) is 2.52. The minimum atomic E-state index is 0.0690. The molecule has 1 saturated heterocycles. The van der Waals surface area contributed by atoms with Crippen LogP contribution in [0.5, 0.6) is 5.75 Å². The number of phenols is 1. The van der Waals surface area contributed by atoms with Crippen LogP contribution in [0, 0.1) is 0 Å². The van der Waals surface area contributed by atoms with Crippen molar-refractivity contribution in [3.8, 4) is 5.75 Å². The monoisotopic (exact) mass is 392 g/mol. The molecule has 2 N–H and O–H groups in total. The van der Waals surface area contributed by atoms with Crippen LogP contribution in [0.3, 0.4) is 0 Å². The maximum Gasteiger partial charge on any atom is 0.115 e. The van der Waals surface area contributed by atoms with Crippen LogP contribution in [0.2, 0.25) is 0 Å². The van der Waals surface area contributed by atoms with Gasteiger partial charge in [0.25, 0.3) is 0 Å². The highest BCUT2D eigenvalue weighted by Crippen LogP contribution is 2.45. The molecule has 3 heteroatoms. The third-order valence-electron chi connectivity index (χ3n) is 7.36. The zero-order chi connectivity index (χ0) is 20.8. The Morgan fingerprint density at radius 2 is 1.86 bits per heavy atom. The number of nitrogens with zero attached hydrogens (tertiary/aromatic N) is 1. The first-order chi connectivity index (χ1) is 13.7. The number of nitrogens with one attached hydrogen (secondary N) is 1. The summed E-state index contributed by atoms with van der Waals surface area (Å²) in [5, 5.41) is 14.0. The largest absolute Gasteiger partial charge is 0.508 e. The molecule has 1 fully saturated rings. The molecule has 1 aliphatic heterocycles. The van der Waals surface area contributed by atoms with E-state index < -0.39 is 0 Å². The summed E-state index contributed by atoms with van der Waals surface area (Å²) in [6.07, 6.45) is 3.22. The van der Waals surface area contributed by atoms with Gasteiger partial charge in [0, 0.05) is 17.5 Å². The van der Waals surface area contributed by atoms with Gasteiger partial charge in [0.2, 0.25) is 0 Å². The third-order valence-corrected chi connectivity index (χ3v) is 7.36. The van der Waals surface area contributed by atoms with E-state index in [9.17, 15) is 5.11 Å². The van der Waals surface area contributed by atoms with Gasteiger partial charge in [-0.2, -0.15) is 0 Å². The van der Waals surface area contributed by atoms with Crippen molar-refractivity contribution in [2.75, 3.05) is 20.1 Å². The molecule has 0 amide bonds. The lowest BCUT2D eigenvalue weighted by Gasteiger charge is -2.55. The van der Waals surface area contributed by atoms with Gasteiger partial charge in [-0.05, 0) is 79.2 Å². The van der Waals surface area contributed by atoms with E-state index in [0.717, 1.165) is 32.4 Å². The maximum atomic E-state index is 10.1. The summed E-state index contributed by atoms with van der Waals surface area (Å²) in [5.74, 6) is 0.389. The van der Waals surface area contributed by atoms with Gasteiger partial charge in [-0.15, -0.1) is 0 Å². The fourth-order valence-corrected chi connectivity index (χ4v) is 5.39. The minimum Gasteiger partial charge on any atom is -0.508 e. The van der Waals surface area contributed by atoms with Crippen LogP contribution in [0.25, 0.3) is 0 Å². The molecule has 3 nitrogen and oxygen atoms in total. The van der Waals surface area contributed by atoms with E-state index in [1.54, 1.807) is 0 Å². The van der Waals surface area contributed by atoms with Gasteiger partial charge < -0.3 is 15.3 Å². The number of rotatable bonds is 4. The van der Waals surface area contributed by atoms with Crippen LogP contribution >= 0.6 is 0 Å². The van der Waals surface area contributed by atoms with E-state index in [4.69, 9.17) is 0 Å². The van der Waals surface area contributed by atoms with Crippen molar-refractivity contribution in [1.82, 2.24) is 10.2 Å². The average Bonchev–Trinajstić information content (AvgIpc) is 2.67. The number of aromatic hydroxyl groups is 1. The molecule has 2 aromatic rings. The molecule has 0 saturated carbocycles. The standard InChI is InChI=1S/C26H36N2O/c1-25(2,3)20-9-6-18(7-10-20)12-14-27-24-23-16-19-8-11-21(29)17-22(19)26(24,4)13-15-28(23)5/h6-11,17,23-24,27,29H,12-16H2,1-5H3/t23-,24-,26?/m1/s1. The first kappa shape index (κ1) is 20.4. The lowest BCUT2D eigenvalue weighted by molar-refractivity contribution is 0.0663. The van der Waals surface area contributed by atoms with Crippen molar-refractivity contribution in [1.29, 1.82) is 0 Å². The van der Waals surface area contributed by atoms with E-state index >= 15 is 0 Å². The molecular formula is C26H36N2O. The second kappa shape index (κ2) is 7.45. The van der Waals surface area contributed by atoms with E-state index in [1.807, 2.05) is 12.1 Å². The Labute approximate surface area is 176 Å². The molecule has 3 atom stereocenters. The first-order valence-electron chi connectivity index (χ1n) is 11.0. The lowest BCUT2D eigenvalue weighted by atomic mass is 9.61. The Morgan fingerprint density at radius 3 is 2.55 bits per heavy atom. The fourth-order valence-electron chi connectivity index (χ4n) is 5.39. The van der Waals surface area contributed by atoms with E-state index in [2.05, 4.69) is 75.3 Å². The lowest BCUT2D eigenvalue weighted by Crippen LogP contribution is -2.66. The first-order valence-corrected chi connectivity index (χ1v) is 11.0. The van der Waals surface area contributed by atoms with Crippen LogP contribution in [-0.2, 0) is 23.7 Å². The van der Waals surface area contributed by atoms with E-state index in [-0.39, 0.29) is 10.8 Å². The minimum absolute atomic E-state index is 0.0690. The molecule has 29 heavy (non-hydrogen) atoms. The highest BCUT2D eigenvalue weighted by molar-refractivity contribution is 5.45. The van der Waals surface area contributed by atoms with Gasteiger partial charge in [0.1, 0.15) is 5.75 Å². The van der Waals surface area contributed by atoms with Crippen molar-refractivity contribution in [2.24, 2.45) is 0 Å². The second-order valence-corrected chi connectivity index (χ2v) is 10.4. The molecule has 1 heterocycles. The Bertz CT molecular complexity index is 867. The van der Waals surface area contributed by atoms with Crippen molar-refractivity contribution in [2.45, 2.75) is 69.9 Å². The number of benzene rings is 2. The molecule has 0 aromatic heterocycles. The number of likely N-dealkylation sites (N-methyl/N-ethyl adjacent to an activating group) is 1. The Kier molecular flexibility index (Phi) is 5.25. The SMILES string of the molecule is CN1CCC2(C)c3cc(O)ccc3C[C@@H]1[C@H]2NCCc1ccc(C(C)(C)C)cc1. The molecule has 0 radical (unpaired) electrons. The van der Waals surface area contributed by atoms with E-state index in [1.165, 1.54) is 22.3 Å². The van der Waals surface area contributed by atoms with Gasteiger partial charge in [-0.3, -0.25) is 0 Å². The van der Waals surface area contributed by atoms with Crippen molar-refractivity contribution >= 4 is 0 Å². The Balaban J connectivity index is 1.49. The molecule has 2 aromatic carbocycles. The predicted molar refractivity (Wildman–Crippen MR) is 121 cm³/mol. The summed E-state index contributed by atoms with van der Waals surface area (Å²) < 4.78 is 0. The van der Waals surface area contributed by atoms with Gasteiger partial charge >= 0.3 is 0 Å². The van der Waals surface area contributed by atoms with Crippen LogP contribution in [0.15, 0.2) is 42.5 Å². The van der Waals surface area contributed by atoms with Crippen molar-refractivity contribution < 1.29 is 5.11 Å². The van der Waals surface area contributed by atoms with Crippen LogP contribution in [0.4, 0.5) is 0 Å². The molecule has 0 spiro atoms. The normalized spacial score (nSPS) is 26.9. The Hall–Kier alpha value is -1.84. The molecule has 4 rings (SSSR count). The second-order valence-electron chi connectivity index (χ2n) is 10.4. The summed E-state index contributed by atoms with van der Waals surface area (Å²) in [6.45, 7) is 11.3. The summed E-state index contributed by atoms with van der Waals surface area (Å²) >= 11 is 0. The zero-order valence-corrected chi connectivity index (χ0v) is 18.6. The Morgan fingerprint density at radius 1 is 1.14 bits per heavy atom. The number of likely N-dealkylation sites (tertiary alicyclic amines) is 1. The quantitative estimate of drug-likeness (QED) is 0.809. The van der Waals surface area contributed by atoms with Gasteiger partial charge in [0.15, 0.2) is 0 Å². The zero-order valence-electron chi connectivity index (χ0n) is 18.6.